The largest absolute Gasteiger partial charge is 0.383 e. The second kappa shape index (κ2) is 6.49. The summed E-state index contributed by atoms with van der Waals surface area (Å²) in [5.74, 6) is 2.67. The molecule has 0 saturated heterocycles. The molecule has 17 heavy (non-hydrogen) atoms. The molecule has 0 heterocycles. The first kappa shape index (κ1) is 13.8. The molecule has 0 aliphatic heterocycles. The zero-order chi connectivity index (χ0) is 12.8. The number of hydrogen-bond donors (Lipinski definition) is 1. The topological polar surface area (TPSA) is 55.2 Å². The van der Waals surface area contributed by atoms with Crippen LogP contribution in [0.15, 0.2) is 18.2 Å². The number of nitro groups is 1. The standard InChI is InChI=1S/C12H18N2O2S/c1-9(2)7-17-8-10-4-5-12(14(15)16)11(6-10)13-3/h4-6,9,13H,7-8H2,1-3H3. The van der Waals surface area contributed by atoms with Crippen molar-refractivity contribution < 1.29 is 4.92 Å². The molecule has 94 valence electrons. The summed E-state index contributed by atoms with van der Waals surface area (Å²) < 4.78 is 0. The smallest absolute Gasteiger partial charge is 0.292 e. The van der Waals surface area contributed by atoms with E-state index in [0.29, 0.717) is 11.6 Å². The fourth-order valence-corrected chi connectivity index (χ4v) is 2.45. The average Bonchev–Trinajstić information content (AvgIpc) is 2.28. The third-order valence-corrected chi connectivity index (χ3v) is 3.69. The van der Waals surface area contributed by atoms with E-state index in [1.807, 2.05) is 23.9 Å². The molecule has 0 aliphatic rings. The predicted molar refractivity (Wildman–Crippen MR) is 73.6 cm³/mol. The predicted octanol–water partition coefficient (Wildman–Crippen LogP) is 3.53. The Hall–Kier alpha value is -1.23. The number of rotatable bonds is 6. The summed E-state index contributed by atoms with van der Waals surface area (Å²) in [7, 11) is 1.70. The van der Waals surface area contributed by atoms with Crippen LogP contribution in [-0.2, 0) is 5.75 Å². The van der Waals surface area contributed by atoms with Gasteiger partial charge in [-0.15, -0.1) is 0 Å². The van der Waals surface area contributed by atoms with Crippen molar-refractivity contribution in [2.45, 2.75) is 19.6 Å². The van der Waals surface area contributed by atoms with Crippen LogP contribution in [0.5, 0.6) is 0 Å². The van der Waals surface area contributed by atoms with Gasteiger partial charge in [0.25, 0.3) is 5.69 Å². The van der Waals surface area contributed by atoms with E-state index in [1.165, 1.54) is 0 Å². The molecule has 0 bridgehead atoms. The average molecular weight is 254 g/mol. The van der Waals surface area contributed by atoms with Gasteiger partial charge in [-0.25, -0.2) is 0 Å². The SMILES string of the molecule is CNc1cc(CSCC(C)C)ccc1[N+](=O)[O-]. The Morgan fingerprint density at radius 3 is 2.71 bits per heavy atom. The number of anilines is 1. The van der Waals surface area contributed by atoms with E-state index in [9.17, 15) is 10.1 Å². The maximum atomic E-state index is 10.8. The van der Waals surface area contributed by atoms with Crippen molar-refractivity contribution in [3.05, 3.63) is 33.9 Å². The lowest BCUT2D eigenvalue weighted by Gasteiger charge is -2.07. The molecule has 1 aromatic rings. The zero-order valence-corrected chi connectivity index (χ0v) is 11.2. The molecule has 0 saturated carbocycles. The molecular formula is C12H18N2O2S. The first-order chi connectivity index (χ1) is 8.04. The van der Waals surface area contributed by atoms with E-state index in [-0.39, 0.29) is 10.6 Å². The second-order valence-electron chi connectivity index (χ2n) is 4.27. The monoisotopic (exact) mass is 254 g/mol. The van der Waals surface area contributed by atoms with Crippen LogP contribution in [0, 0.1) is 16.0 Å². The van der Waals surface area contributed by atoms with Gasteiger partial charge in [0.2, 0.25) is 0 Å². The quantitative estimate of drug-likeness (QED) is 0.623. The van der Waals surface area contributed by atoms with Crippen LogP contribution < -0.4 is 5.32 Å². The highest BCUT2D eigenvalue weighted by atomic mass is 32.2. The number of nitrogens with one attached hydrogen (secondary N) is 1. The summed E-state index contributed by atoms with van der Waals surface area (Å²) in [6.45, 7) is 4.36. The fraction of sp³-hybridized carbons (Fsp3) is 0.500. The van der Waals surface area contributed by atoms with Gasteiger partial charge in [0.1, 0.15) is 5.69 Å². The van der Waals surface area contributed by atoms with E-state index in [0.717, 1.165) is 17.1 Å². The summed E-state index contributed by atoms with van der Waals surface area (Å²) in [5.41, 5.74) is 1.83. The molecule has 0 aromatic heterocycles. The van der Waals surface area contributed by atoms with Gasteiger partial charge in [0.15, 0.2) is 0 Å². The number of nitrogens with zero attached hydrogens (tertiary/aromatic N) is 1. The fourth-order valence-electron chi connectivity index (χ4n) is 1.44. The number of benzene rings is 1. The Bertz CT molecular complexity index is 394. The number of thioether (sulfide) groups is 1. The van der Waals surface area contributed by atoms with Crippen LogP contribution in [0.25, 0.3) is 0 Å². The van der Waals surface area contributed by atoms with Gasteiger partial charge in [-0.3, -0.25) is 10.1 Å². The lowest BCUT2D eigenvalue weighted by molar-refractivity contribution is -0.383. The van der Waals surface area contributed by atoms with Gasteiger partial charge in [-0.05, 0) is 23.3 Å². The first-order valence-corrected chi connectivity index (χ1v) is 6.73. The lowest BCUT2D eigenvalue weighted by Crippen LogP contribution is -1.98. The third-order valence-electron chi connectivity index (χ3n) is 2.25. The number of nitro benzene ring substituents is 1. The minimum Gasteiger partial charge on any atom is -0.383 e. The van der Waals surface area contributed by atoms with Crippen molar-refractivity contribution in [2.24, 2.45) is 5.92 Å². The van der Waals surface area contributed by atoms with E-state index in [1.54, 1.807) is 13.1 Å². The van der Waals surface area contributed by atoms with Crippen LogP contribution in [0.4, 0.5) is 11.4 Å². The minimum absolute atomic E-state index is 0.130. The van der Waals surface area contributed by atoms with Crippen molar-refractivity contribution in [3.8, 4) is 0 Å². The van der Waals surface area contributed by atoms with E-state index >= 15 is 0 Å². The highest BCUT2D eigenvalue weighted by molar-refractivity contribution is 7.98. The van der Waals surface area contributed by atoms with E-state index in [4.69, 9.17) is 0 Å². The summed E-state index contributed by atoms with van der Waals surface area (Å²) in [6.07, 6.45) is 0. The Morgan fingerprint density at radius 1 is 1.47 bits per heavy atom. The Labute approximate surface area is 106 Å². The summed E-state index contributed by atoms with van der Waals surface area (Å²) in [5, 5.41) is 13.6. The Balaban J connectivity index is 2.72. The molecule has 0 amide bonds. The van der Waals surface area contributed by atoms with Gasteiger partial charge in [0, 0.05) is 18.9 Å². The molecule has 0 aliphatic carbocycles. The molecule has 0 spiro atoms. The van der Waals surface area contributed by atoms with Gasteiger partial charge in [-0.2, -0.15) is 11.8 Å². The summed E-state index contributed by atoms with van der Waals surface area (Å²) in [4.78, 5) is 10.4. The normalized spacial score (nSPS) is 10.6. The molecule has 0 radical (unpaired) electrons. The van der Waals surface area contributed by atoms with Crippen LogP contribution >= 0.6 is 11.8 Å². The van der Waals surface area contributed by atoms with Gasteiger partial charge in [0.05, 0.1) is 4.92 Å². The van der Waals surface area contributed by atoms with Crippen molar-refractivity contribution in [2.75, 3.05) is 18.1 Å². The lowest BCUT2D eigenvalue weighted by atomic mass is 10.2. The molecule has 0 fully saturated rings. The van der Waals surface area contributed by atoms with Gasteiger partial charge in [-0.1, -0.05) is 19.9 Å². The van der Waals surface area contributed by atoms with Crippen molar-refractivity contribution in [1.82, 2.24) is 0 Å². The zero-order valence-electron chi connectivity index (χ0n) is 10.4. The molecular weight excluding hydrogens is 236 g/mol. The first-order valence-electron chi connectivity index (χ1n) is 5.57. The van der Waals surface area contributed by atoms with Gasteiger partial charge >= 0.3 is 0 Å². The molecule has 4 nitrogen and oxygen atoms in total. The third kappa shape index (κ3) is 4.26. The highest BCUT2D eigenvalue weighted by Crippen LogP contribution is 2.27. The summed E-state index contributed by atoms with van der Waals surface area (Å²) >= 11 is 1.85. The molecule has 0 atom stereocenters. The maximum Gasteiger partial charge on any atom is 0.292 e. The Kier molecular flexibility index (Phi) is 5.28. The Morgan fingerprint density at radius 2 is 2.18 bits per heavy atom. The van der Waals surface area contributed by atoms with Crippen molar-refractivity contribution in [1.29, 1.82) is 0 Å². The van der Waals surface area contributed by atoms with E-state index < -0.39 is 0 Å². The van der Waals surface area contributed by atoms with Gasteiger partial charge < -0.3 is 5.32 Å². The minimum atomic E-state index is -0.364. The van der Waals surface area contributed by atoms with Crippen molar-refractivity contribution >= 4 is 23.1 Å². The van der Waals surface area contributed by atoms with Crippen molar-refractivity contribution in [3.63, 3.8) is 0 Å². The molecule has 1 aromatic carbocycles. The molecule has 1 rings (SSSR count). The molecule has 5 heteroatoms. The second-order valence-corrected chi connectivity index (χ2v) is 5.30. The maximum absolute atomic E-state index is 10.8. The highest BCUT2D eigenvalue weighted by Gasteiger charge is 2.12. The van der Waals surface area contributed by atoms with Crippen LogP contribution in [-0.4, -0.2) is 17.7 Å². The molecule has 1 N–H and O–H groups in total. The summed E-state index contributed by atoms with van der Waals surface area (Å²) in [6, 6.07) is 5.24. The van der Waals surface area contributed by atoms with Crippen LogP contribution in [0.2, 0.25) is 0 Å². The number of hydrogen-bond acceptors (Lipinski definition) is 4. The van der Waals surface area contributed by atoms with Crippen LogP contribution in [0.3, 0.4) is 0 Å². The van der Waals surface area contributed by atoms with Crippen LogP contribution in [0.1, 0.15) is 19.4 Å². The molecule has 0 unspecified atom stereocenters. The van der Waals surface area contributed by atoms with E-state index in [2.05, 4.69) is 19.2 Å².